The van der Waals surface area contributed by atoms with Crippen molar-refractivity contribution in [1.29, 1.82) is 0 Å². The molecular formula is C10H13N5O2. The van der Waals surface area contributed by atoms with Crippen molar-refractivity contribution in [3.63, 3.8) is 0 Å². The standard InChI is InChI=1S/C10H13N5O2/c1-15-5-14-8-6(15)2-3-12-10(8)13-4-7(16)9(11)17/h2-3,5,7,16H,4H2,1H3,(H2,11,17)(H,12,13). The first-order valence-electron chi connectivity index (χ1n) is 5.07. The van der Waals surface area contributed by atoms with E-state index in [2.05, 4.69) is 15.3 Å². The van der Waals surface area contributed by atoms with Crippen LogP contribution in [0.1, 0.15) is 0 Å². The molecule has 7 nitrogen and oxygen atoms in total. The number of aromatic nitrogens is 3. The third-order valence-electron chi connectivity index (χ3n) is 2.43. The zero-order chi connectivity index (χ0) is 12.4. The third kappa shape index (κ3) is 2.18. The number of pyridine rings is 1. The number of aryl methyl sites for hydroxylation is 1. The summed E-state index contributed by atoms with van der Waals surface area (Å²) in [6, 6.07) is 1.83. The van der Waals surface area contributed by atoms with E-state index < -0.39 is 12.0 Å². The van der Waals surface area contributed by atoms with Crippen LogP contribution in [0.5, 0.6) is 0 Å². The Hall–Kier alpha value is -2.15. The smallest absolute Gasteiger partial charge is 0.248 e. The van der Waals surface area contributed by atoms with E-state index in [-0.39, 0.29) is 6.54 Å². The van der Waals surface area contributed by atoms with E-state index >= 15 is 0 Å². The molecule has 2 rings (SSSR count). The van der Waals surface area contributed by atoms with Crippen molar-refractivity contribution in [2.75, 3.05) is 11.9 Å². The number of primary amides is 1. The van der Waals surface area contributed by atoms with E-state index in [1.807, 2.05) is 17.7 Å². The number of fused-ring (bicyclic) bond motifs is 1. The van der Waals surface area contributed by atoms with E-state index in [1.165, 1.54) is 0 Å². The molecule has 4 N–H and O–H groups in total. The number of amides is 1. The van der Waals surface area contributed by atoms with Gasteiger partial charge in [-0.25, -0.2) is 9.97 Å². The van der Waals surface area contributed by atoms with Gasteiger partial charge >= 0.3 is 0 Å². The fraction of sp³-hybridized carbons (Fsp3) is 0.300. The van der Waals surface area contributed by atoms with Crippen LogP contribution in [-0.4, -0.2) is 38.2 Å². The number of rotatable bonds is 4. The number of hydrogen-bond acceptors (Lipinski definition) is 5. The summed E-state index contributed by atoms with van der Waals surface area (Å²) in [6.45, 7) is 0.0119. The molecular weight excluding hydrogens is 222 g/mol. The van der Waals surface area contributed by atoms with Gasteiger partial charge in [-0.1, -0.05) is 0 Å². The van der Waals surface area contributed by atoms with Crippen LogP contribution >= 0.6 is 0 Å². The molecule has 0 spiro atoms. The van der Waals surface area contributed by atoms with Crippen molar-refractivity contribution in [3.8, 4) is 0 Å². The topological polar surface area (TPSA) is 106 Å². The van der Waals surface area contributed by atoms with Gasteiger partial charge in [0.25, 0.3) is 0 Å². The highest BCUT2D eigenvalue weighted by Crippen LogP contribution is 2.18. The number of nitrogens with one attached hydrogen (secondary N) is 1. The van der Waals surface area contributed by atoms with Crippen LogP contribution in [-0.2, 0) is 11.8 Å². The minimum atomic E-state index is -1.24. The van der Waals surface area contributed by atoms with E-state index in [9.17, 15) is 9.90 Å². The van der Waals surface area contributed by atoms with Gasteiger partial charge in [-0.15, -0.1) is 0 Å². The molecule has 0 saturated carbocycles. The second-order valence-electron chi connectivity index (χ2n) is 3.68. The lowest BCUT2D eigenvalue weighted by Crippen LogP contribution is -2.34. The Morgan fingerprint density at radius 3 is 3.12 bits per heavy atom. The van der Waals surface area contributed by atoms with Crippen molar-refractivity contribution in [2.24, 2.45) is 12.8 Å². The lowest BCUT2D eigenvalue weighted by Gasteiger charge is -2.09. The molecule has 0 aliphatic rings. The number of carbonyl (C=O) groups excluding carboxylic acids is 1. The minimum absolute atomic E-state index is 0.0119. The van der Waals surface area contributed by atoms with Crippen LogP contribution in [0.4, 0.5) is 5.82 Å². The van der Waals surface area contributed by atoms with E-state index in [0.29, 0.717) is 11.3 Å². The first kappa shape index (κ1) is 11.3. The molecule has 2 heterocycles. The number of aliphatic hydroxyl groups excluding tert-OH is 1. The predicted molar refractivity (Wildman–Crippen MR) is 62.2 cm³/mol. The molecule has 0 fully saturated rings. The second kappa shape index (κ2) is 4.38. The predicted octanol–water partition coefficient (Wildman–Crippen LogP) is -0.774. The summed E-state index contributed by atoms with van der Waals surface area (Å²) in [5, 5.41) is 12.1. The summed E-state index contributed by atoms with van der Waals surface area (Å²) < 4.78 is 1.85. The molecule has 17 heavy (non-hydrogen) atoms. The SMILES string of the molecule is Cn1cnc2c(NCC(O)C(N)=O)nccc21. The molecule has 1 amide bonds. The zero-order valence-electron chi connectivity index (χ0n) is 9.29. The fourth-order valence-corrected chi connectivity index (χ4v) is 1.49. The number of imidazole rings is 1. The molecule has 0 bridgehead atoms. The molecule has 2 aromatic rings. The summed E-state index contributed by atoms with van der Waals surface area (Å²) in [7, 11) is 1.87. The second-order valence-corrected chi connectivity index (χ2v) is 3.68. The van der Waals surface area contributed by atoms with E-state index in [4.69, 9.17) is 5.73 Å². The van der Waals surface area contributed by atoms with Crippen LogP contribution in [0.15, 0.2) is 18.6 Å². The maximum absolute atomic E-state index is 10.7. The maximum atomic E-state index is 10.7. The van der Waals surface area contributed by atoms with Gasteiger partial charge in [0, 0.05) is 13.2 Å². The number of anilines is 1. The summed E-state index contributed by atoms with van der Waals surface area (Å²) >= 11 is 0. The van der Waals surface area contributed by atoms with Crippen molar-refractivity contribution < 1.29 is 9.90 Å². The van der Waals surface area contributed by atoms with Crippen LogP contribution < -0.4 is 11.1 Å². The molecule has 7 heteroatoms. The molecule has 90 valence electrons. The highest BCUT2D eigenvalue weighted by atomic mass is 16.3. The Labute approximate surface area is 97.3 Å². The van der Waals surface area contributed by atoms with Crippen molar-refractivity contribution >= 4 is 22.8 Å². The largest absolute Gasteiger partial charge is 0.381 e. The van der Waals surface area contributed by atoms with Gasteiger partial charge < -0.3 is 20.7 Å². The number of hydrogen-bond donors (Lipinski definition) is 3. The normalized spacial score (nSPS) is 12.6. The van der Waals surface area contributed by atoms with Gasteiger partial charge in [0.2, 0.25) is 5.91 Å². The lowest BCUT2D eigenvalue weighted by molar-refractivity contribution is -0.125. The van der Waals surface area contributed by atoms with Crippen LogP contribution in [0, 0.1) is 0 Å². The monoisotopic (exact) mass is 235 g/mol. The molecule has 2 aromatic heterocycles. The molecule has 1 atom stereocenters. The Bertz CT molecular complexity index is 551. The van der Waals surface area contributed by atoms with Gasteiger partial charge in [0.15, 0.2) is 5.82 Å². The first-order valence-corrected chi connectivity index (χ1v) is 5.07. The fourth-order valence-electron chi connectivity index (χ4n) is 1.49. The van der Waals surface area contributed by atoms with Crippen LogP contribution in [0.25, 0.3) is 11.0 Å². The van der Waals surface area contributed by atoms with Gasteiger partial charge in [-0.3, -0.25) is 4.79 Å². The quantitative estimate of drug-likeness (QED) is 0.645. The average Bonchev–Trinajstić information content (AvgIpc) is 2.69. The maximum Gasteiger partial charge on any atom is 0.248 e. The molecule has 1 unspecified atom stereocenters. The Kier molecular flexibility index (Phi) is 2.92. The van der Waals surface area contributed by atoms with Gasteiger partial charge in [-0.2, -0.15) is 0 Å². The number of nitrogens with zero attached hydrogens (tertiary/aromatic N) is 3. The average molecular weight is 235 g/mol. The van der Waals surface area contributed by atoms with Gasteiger partial charge in [0.05, 0.1) is 18.4 Å². The first-order chi connectivity index (χ1) is 8.09. The Balaban J connectivity index is 2.21. The van der Waals surface area contributed by atoms with Gasteiger partial charge in [0.1, 0.15) is 11.6 Å². The Morgan fingerprint density at radius 1 is 1.65 bits per heavy atom. The number of nitrogens with two attached hydrogens (primary N) is 1. The van der Waals surface area contributed by atoms with E-state index in [1.54, 1.807) is 12.5 Å². The van der Waals surface area contributed by atoms with Gasteiger partial charge in [-0.05, 0) is 6.07 Å². The number of carbonyl (C=O) groups is 1. The summed E-state index contributed by atoms with van der Waals surface area (Å²) in [4.78, 5) is 19.0. The van der Waals surface area contributed by atoms with Crippen LogP contribution in [0.3, 0.4) is 0 Å². The minimum Gasteiger partial charge on any atom is -0.381 e. The zero-order valence-corrected chi connectivity index (χ0v) is 9.29. The molecule has 0 saturated heterocycles. The highest BCUT2D eigenvalue weighted by Gasteiger charge is 2.12. The summed E-state index contributed by atoms with van der Waals surface area (Å²) in [5.41, 5.74) is 6.55. The van der Waals surface area contributed by atoms with Crippen LogP contribution in [0.2, 0.25) is 0 Å². The van der Waals surface area contributed by atoms with Crippen molar-refractivity contribution in [1.82, 2.24) is 14.5 Å². The summed E-state index contributed by atoms with van der Waals surface area (Å²) in [6.07, 6.45) is 2.06. The summed E-state index contributed by atoms with van der Waals surface area (Å²) in [5.74, 6) is -0.255. The van der Waals surface area contributed by atoms with Crippen molar-refractivity contribution in [3.05, 3.63) is 18.6 Å². The molecule has 0 aromatic carbocycles. The molecule has 0 aliphatic carbocycles. The molecule has 0 radical (unpaired) electrons. The Morgan fingerprint density at radius 2 is 2.41 bits per heavy atom. The lowest BCUT2D eigenvalue weighted by atomic mass is 10.3. The van der Waals surface area contributed by atoms with Crippen molar-refractivity contribution in [2.45, 2.75) is 6.10 Å². The van der Waals surface area contributed by atoms with E-state index in [0.717, 1.165) is 5.52 Å². The molecule has 0 aliphatic heterocycles. The number of aliphatic hydroxyl groups is 1. The highest BCUT2D eigenvalue weighted by molar-refractivity contribution is 5.86. The third-order valence-corrected chi connectivity index (χ3v) is 2.43.